The maximum atomic E-state index is 12.4. The van der Waals surface area contributed by atoms with Gasteiger partial charge in [-0.1, -0.05) is 0 Å². The van der Waals surface area contributed by atoms with Gasteiger partial charge in [0.25, 0.3) is 0 Å². The molecule has 0 saturated carbocycles. The van der Waals surface area contributed by atoms with Crippen LogP contribution in [0.2, 0.25) is 0 Å². The fourth-order valence-corrected chi connectivity index (χ4v) is 2.96. The lowest BCUT2D eigenvalue weighted by atomic mass is 9.93. The molecular weight excluding hydrogens is 216 g/mol. The zero-order valence-corrected chi connectivity index (χ0v) is 10.8. The first-order chi connectivity index (χ1) is 8.31. The van der Waals surface area contributed by atoms with Crippen LogP contribution in [0.3, 0.4) is 0 Å². The van der Waals surface area contributed by atoms with E-state index in [1.165, 1.54) is 6.42 Å². The number of hydrogen-bond acceptors (Lipinski definition) is 3. The molecular formula is C13H24N2O2. The van der Waals surface area contributed by atoms with Crippen LogP contribution >= 0.6 is 0 Å². The first-order valence-electron chi connectivity index (χ1n) is 6.79. The Morgan fingerprint density at radius 3 is 2.82 bits per heavy atom. The van der Waals surface area contributed by atoms with Gasteiger partial charge in [0, 0.05) is 26.1 Å². The second-order valence-corrected chi connectivity index (χ2v) is 5.27. The van der Waals surface area contributed by atoms with E-state index < -0.39 is 0 Å². The third kappa shape index (κ3) is 3.42. The summed E-state index contributed by atoms with van der Waals surface area (Å²) in [5, 5.41) is 3.31. The number of likely N-dealkylation sites (tertiary alicyclic amines) is 1. The molecule has 0 spiro atoms. The van der Waals surface area contributed by atoms with E-state index in [2.05, 4.69) is 10.2 Å². The Hall–Kier alpha value is -0.610. The summed E-state index contributed by atoms with van der Waals surface area (Å²) in [4.78, 5) is 14.4. The van der Waals surface area contributed by atoms with Crippen molar-refractivity contribution in [1.29, 1.82) is 0 Å². The average Bonchev–Trinajstić information content (AvgIpc) is 2.40. The number of nitrogens with one attached hydrogen (secondary N) is 1. The van der Waals surface area contributed by atoms with E-state index in [1.807, 2.05) is 0 Å². The van der Waals surface area contributed by atoms with E-state index in [0.29, 0.717) is 11.8 Å². The zero-order chi connectivity index (χ0) is 12.1. The monoisotopic (exact) mass is 240 g/mol. The molecule has 1 amide bonds. The molecule has 0 radical (unpaired) electrons. The van der Waals surface area contributed by atoms with E-state index in [1.54, 1.807) is 7.11 Å². The number of nitrogens with zero attached hydrogens (tertiary/aromatic N) is 1. The summed E-state index contributed by atoms with van der Waals surface area (Å²) in [5.41, 5.74) is 0. The second kappa shape index (κ2) is 6.36. The van der Waals surface area contributed by atoms with Gasteiger partial charge in [0.2, 0.25) is 5.91 Å². The standard InChI is InChI=1S/C13H24N2O2/c1-17-10-11-3-2-8-15(9-11)13(16)12-4-6-14-7-5-12/h11-12,14H,2-10H2,1H3. The highest BCUT2D eigenvalue weighted by Gasteiger charge is 2.29. The number of rotatable bonds is 3. The number of hydrogen-bond donors (Lipinski definition) is 1. The summed E-state index contributed by atoms with van der Waals surface area (Å²) < 4.78 is 5.21. The highest BCUT2D eigenvalue weighted by molar-refractivity contribution is 5.79. The van der Waals surface area contributed by atoms with Gasteiger partial charge in [-0.25, -0.2) is 0 Å². The van der Waals surface area contributed by atoms with E-state index >= 15 is 0 Å². The maximum absolute atomic E-state index is 12.4. The molecule has 4 heteroatoms. The van der Waals surface area contributed by atoms with Crippen LogP contribution in [-0.4, -0.2) is 50.7 Å². The second-order valence-electron chi connectivity index (χ2n) is 5.27. The molecule has 0 aromatic rings. The van der Waals surface area contributed by atoms with Crippen LogP contribution in [0.25, 0.3) is 0 Å². The van der Waals surface area contributed by atoms with Crippen molar-refractivity contribution in [1.82, 2.24) is 10.2 Å². The Morgan fingerprint density at radius 1 is 1.35 bits per heavy atom. The molecule has 2 rings (SSSR count). The predicted octanol–water partition coefficient (Wildman–Crippen LogP) is 0.871. The molecule has 2 aliphatic rings. The minimum absolute atomic E-state index is 0.262. The lowest BCUT2D eigenvalue weighted by molar-refractivity contribution is -0.138. The molecule has 4 nitrogen and oxygen atoms in total. The van der Waals surface area contributed by atoms with Gasteiger partial charge in [-0.3, -0.25) is 4.79 Å². The van der Waals surface area contributed by atoms with Crippen molar-refractivity contribution in [3.8, 4) is 0 Å². The topological polar surface area (TPSA) is 41.6 Å². The number of amides is 1. The van der Waals surface area contributed by atoms with Crippen molar-refractivity contribution in [2.75, 3.05) is 39.9 Å². The predicted molar refractivity (Wildman–Crippen MR) is 66.8 cm³/mol. The highest BCUT2D eigenvalue weighted by Crippen LogP contribution is 2.21. The SMILES string of the molecule is COCC1CCCN(C(=O)C2CCNCC2)C1. The minimum Gasteiger partial charge on any atom is -0.384 e. The normalized spacial score (nSPS) is 27.1. The van der Waals surface area contributed by atoms with Crippen molar-refractivity contribution in [2.45, 2.75) is 25.7 Å². The first kappa shape index (κ1) is 12.8. The number of carbonyl (C=O) groups excluding carboxylic acids is 1. The largest absolute Gasteiger partial charge is 0.384 e. The third-order valence-electron chi connectivity index (χ3n) is 3.92. The molecule has 1 atom stereocenters. The summed E-state index contributed by atoms with van der Waals surface area (Å²) in [7, 11) is 1.74. The highest BCUT2D eigenvalue weighted by atomic mass is 16.5. The summed E-state index contributed by atoms with van der Waals surface area (Å²) in [6, 6.07) is 0. The van der Waals surface area contributed by atoms with Crippen molar-refractivity contribution in [2.24, 2.45) is 11.8 Å². The van der Waals surface area contributed by atoms with Gasteiger partial charge in [0.15, 0.2) is 0 Å². The molecule has 0 aliphatic carbocycles. The van der Waals surface area contributed by atoms with Gasteiger partial charge in [-0.15, -0.1) is 0 Å². The van der Waals surface area contributed by atoms with E-state index in [-0.39, 0.29) is 5.92 Å². The molecule has 1 N–H and O–H groups in total. The van der Waals surface area contributed by atoms with Crippen LogP contribution in [0, 0.1) is 11.8 Å². The molecule has 0 aromatic carbocycles. The van der Waals surface area contributed by atoms with Gasteiger partial charge in [-0.2, -0.15) is 0 Å². The summed E-state index contributed by atoms with van der Waals surface area (Å²) in [6.45, 7) is 4.62. The lowest BCUT2D eigenvalue weighted by Gasteiger charge is -2.35. The Bertz CT molecular complexity index is 250. The molecule has 0 bridgehead atoms. The van der Waals surface area contributed by atoms with E-state index in [0.717, 1.165) is 52.0 Å². The lowest BCUT2D eigenvalue weighted by Crippen LogP contribution is -2.46. The van der Waals surface area contributed by atoms with Crippen molar-refractivity contribution in [3.05, 3.63) is 0 Å². The fourth-order valence-electron chi connectivity index (χ4n) is 2.96. The number of ether oxygens (including phenoxy) is 1. The molecule has 2 heterocycles. The van der Waals surface area contributed by atoms with Gasteiger partial charge in [0.05, 0.1) is 6.61 Å². The number of carbonyl (C=O) groups is 1. The van der Waals surface area contributed by atoms with E-state index in [9.17, 15) is 4.79 Å². The fraction of sp³-hybridized carbons (Fsp3) is 0.923. The molecule has 2 fully saturated rings. The molecule has 0 aromatic heterocycles. The Balaban J connectivity index is 1.85. The zero-order valence-electron chi connectivity index (χ0n) is 10.8. The Morgan fingerprint density at radius 2 is 2.12 bits per heavy atom. The number of methoxy groups -OCH3 is 1. The molecule has 1 unspecified atom stereocenters. The van der Waals surface area contributed by atoms with Gasteiger partial charge in [0.1, 0.15) is 0 Å². The smallest absolute Gasteiger partial charge is 0.225 e. The van der Waals surface area contributed by atoms with Crippen LogP contribution in [0.5, 0.6) is 0 Å². The first-order valence-corrected chi connectivity index (χ1v) is 6.79. The van der Waals surface area contributed by atoms with Crippen LogP contribution in [0.4, 0.5) is 0 Å². The van der Waals surface area contributed by atoms with Crippen molar-refractivity contribution in [3.63, 3.8) is 0 Å². The summed E-state index contributed by atoms with van der Waals surface area (Å²) in [6.07, 6.45) is 4.34. The van der Waals surface area contributed by atoms with Gasteiger partial charge in [-0.05, 0) is 44.7 Å². The average molecular weight is 240 g/mol. The van der Waals surface area contributed by atoms with Crippen LogP contribution in [0.15, 0.2) is 0 Å². The maximum Gasteiger partial charge on any atom is 0.225 e. The van der Waals surface area contributed by atoms with E-state index in [4.69, 9.17) is 4.74 Å². The minimum atomic E-state index is 0.262. The molecule has 98 valence electrons. The van der Waals surface area contributed by atoms with Crippen LogP contribution in [0.1, 0.15) is 25.7 Å². The Kier molecular flexibility index (Phi) is 4.80. The van der Waals surface area contributed by atoms with Crippen molar-refractivity contribution >= 4 is 5.91 Å². The molecule has 17 heavy (non-hydrogen) atoms. The third-order valence-corrected chi connectivity index (χ3v) is 3.92. The van der Waals surface area contributed by atoms with Gasteiger partial charge >= 0.3 is 0 Å². The van der Waals surface area contributed by atoms with Crippen LogP contribution < -0.4 is 5.32 Å². The van der Waals surface area contributed by atoms with Crippen LogP contribution in [-0.2, 0) is 9.53 Å². The van der Waals surface area contributed by atoms with Crippen molar-refractivity contribution < 1.29 is 9.53 Å². The van der Waals surface area contributed by atoms with Gasteiger partial charge < -0.3 is 15.0 Å². The number of piperidine rings is 2. The summed E-state index contributed by atoms with van der Waals surface area (Å²) in [5.74, 6) is 1.18. The quantitative estimate of drug-likeness (QED) is 0.796. The molecule has 2 saturated heterocycles. The molecule has 2 aliphatic heterocycles. The Labute approximate surface area is 104 Å². The summed E-state index contributed by atoms with van der Waals surface area (Å²) >= 11 is 0.